The summed E-state index contributed by atoms with van der Waals surface area (Å²) in [5, 5.41) is 3.29. The molecule has 112 valence electrons. The highest BCUT2D eigenvalue weighted by Gasteiger charge is 2.19. The molecule has 0 aliphatic heterocycles. The zero-order valence-electron chi connectivity index (χ0n) is 11.2. The molecule has 0 aliphatic carbocycles. The van der Waals surface area contributed by atoms with E-state index in [0.29, 0.717) is 22.8 Å². The number of hydrogen-bond donors (Lipinski definition) is 2. The molecule has 2 rings (SSSR count). The van der Waals surface area contributed by atoms with Gasteiger partial charge in [0.1, 0.15) is 0 Å². The summed E-state index contributed by atoms with van der Waals surface area (Å²) in [6.45, 7) is 0.463. The van der Waals surface area contributed by atoms with Gasteiger partial charge in [0.05, 0.1) is 15.6 Å². The Balaban J connectivity index is 2.39. The van der Waals surface area contributed by atoms with E-state index in [1.54, 1.807) is 49.5 Å². The molecule has 21 heavy (non-hydrogen) atoms. The third-order valence-corrected chi connectivity index (χ3v) is 5.08. The van der Waals surface area contributed by atoms with Crippen molar-refractivity contribution in [2.75, 3.05) is 11.8 Å². The van der Waals surface area contributed by atoms with E-state index < -0.39 is 10.0 Å². The maximum atomic E-state index is 12.5. The van der Waals surface area contributed by atoms with Crippen LogP contribution >= 0.6 is 27.5 Å². The number of sulfonamides is 1. The van der Waals surface area contributed by atoms with Crippen LogP contribution in [0.2, 0.25) is 5.02 Å². The summed E-state index contributed by atoms with van der Waals surface area (Å²) in [4.78, 5) is 0.235. The van der Waals surface area contributed by atoms with Crippen LogP contribution in [-0.2, 0) is 16.6 Å². The first-order valence-corrected chi connectivity index (χ1v) is 8.80. The molecule has 0 bridgehead atoms. The smallest absolute Gasteiger partial charge is 0.262 e. The van der Waals surface area contributed by atoms with Crippen LogP contribution in [0.4, 0.5) is 5.69 Å². The van der Waals surface area contributed by atoms with Gasteiger partial charge in [-0.2, -0.15) is 0 Å². The Morgan fingerprint density at radius 3 is 2.57 bits per heavy atom. The second kappa shape index (κ2) is 6.79. The molecule has 0 saturated heterocycles. The molecule has 0 amide bonds. The largest absolute Gasteiger partial charge is 0.316 e. The Labute approximate surface area is 137 Å². The van der Waals surface area contributed by atoms with Crippen LogP contribution in [0.15, 0.2) is 51.8 Å². The quantitative estimate of drug-likeness (QED) is 0.821. The molecule has 0 atom stereocenters. The molecule has 2 N–H and O–H groups in total. The summed E-state index contributed by atoms with van der Waals surface area (Å²) in [5.41, 5.74) is 1.04. The number of halogens is 2. The molecule has 0 saturated carbocycles. The lowest BCUT2D eigenvalue weighted by atomic mass is 10.2. The minimum Gasteiger partial charge on any atom is -0.316 e. The van der Waals surface area contributed by atoms with Crippen molar-refractivity contribution in [3.05, 3.63) is 57.5 Å². The van der Waals surface area contributed by atoms with E-state index in [1.165, 1.54) is 0 Å². The zero-order valence-corrected chi connectivity index (χ0v) is 14.4. The van der Waals surface area contributed by atoms with Crippen LogP contribution < -0.4 is 10.0 Å². The maximum Gasteiger partial charge on any atom is 0.262 e. The summed E-state index contributed by atoms with van der Waals surface area (Å²) in [5.74, 6) is 0. The fourth-order valence-electron chi connectivity index (χ4n) is 1.87. The first-order valence-electron chi connectivity index (χ1n) is 6.14. The van der Waals surface area contributed by atoms with Gasteiger partial charge in [0.25, 0.3) is 10.0 Å². The third-order valence-electron chi connectivity index (χ3n) is 2.80. The molecule has 7 heteroatoms. The van der Waals surface area contributed by atoms with Crippen LogP contribution in [0.5, 0.6) is 0 Å². The second-order valence-electron chi connectivity index (χ2n) is 4.37. The van der Waals surface area contributed by atoms with E-state index >= 15 is 0 Å². The highest BCUT2D eigenvalue weighted by molar-refractivity contribution is 9.10. The summed E-state index contributed by atoms with van der Waals surface area (Å²) in [6, 6.07) is 11.8. The topological polar surface area (TPSA) is 58.2 Å². The molecular weight excluding hydrogens is 376 g/mol. The molecule has 0 heterocycles. The van der Waals surface area contributed by atoms with Crippen molar-refractivity contribution in [1.82, 2.24) is 5.32 Å². The van der Waals surface area contributed by atoms with Gasteiger partial charge in [0.2, 0.25) is 0 Å². The van der Waals surface area contributed by atoms with Crippen LogP contribution in [0.25, 0.3) is 0 Å². The summed E-state index contributed by atoms with van der Waals surface area (Å²) < 4.78 is 28.4. The van der Waals surface area contributed by atoms with Crippen LogP contribution in [0.3, 0.4) is 0 Å². The highest BCUT2D eigenvalue weighted by Crippen LogP contribution is 2.28. The van der Waals surface area contributed by atoms with Gasteiger partial charge in [-0.05, 0) is 36.9 Å². The average molecular weight is 390 g/mol. The molecule has 2 aromatic rings. The molecule has 0 aromatic heterocycles. The molecular formula is C14H14BrClN2O2S. The summed E-state index contributed by atoms with van der Waals surface area (Å²) in [6.07, 6.45) is 0. The predicted molar refractivity (Wildman–Crippen MR) is 89.2 cm³/mol. The lowest BCUT2D eigenvalue weighted by molar-refractivity contribution is 0.599. The van der Waals surface area contributed by atoms with Gasteiger partial charge in [0.15, 0.2) is 0 Å². The fraction of sp³-hybridized carbons (Fsp3) is 0.143. The predicted octanol–water partition coefficient (Wildman–Crippen LogP) is 3.62. The molecule has 2 aromatic carbocycles. The van der Waals surface area contributed by atoms with Gasteiger partial charge in [-0.1, -0.05) is 45.7 Å². The van der Waals surface area contributed by atoms with Crippen molar-refractivity contribution in [2.45, 2.75) is 11.4 Å². The summed E-state index contributed by atoms with van der Waals surface area (Å²) >= 11 is 9.34. The Kier molecular flexibility index (Phi) is 5.27. The van der Waals surface area contributed by atoms with E-state index in [-0.39, 0.29) is 4.90 Å². The van der Waals surface area contributed by atoms with Gasteiger partial charge in [-0.15, -0.1) is 0 Å². The van der Waals surface area contributed by atoms with Crippen LogP contribution in [0.1, 0.15) is 5.56 Å². The molecule has 0 radical (unpaired) electrons. The van der Waals surface area contributed by atoms with Crippen molar-refractivity contribution >= 4 is 43.2 Å². The van der Waals surface area contributed by atoms with Crippen molar-refractivity contribution < 1.29 is 8.42 Å². The van der Waals surface area contributed by atoms with Crippen molar-refractivity contribution in [3.8, 4) is 0 Å². The van der Waals surface area contributed by atoms with Crippen LogP contribution in [0, 0.1) is 0 Å². The maximum absolute atomic E-state index is 12.5. The van der Waals surface area contributed by atoms with Gasteiger partial charge in [-0.25, -0.2) is 8.42 Å². The van der Waals surface area contributed by atoms with E-state index in [9.17, 15) is 8.42 Å². The lowest BCUT2D eigenvalue weighted by Gasteiger charge is -2.13. The SMILES string of the molecule is CNCc1ccccc1S(=O)(=O)Nc1ccc(Br)cc1Cl. The normalized spacial score (nSPS) is 11.4. The molecule has 4 nitrogen and oxygen atoms in total. The number of nitrogens with one attached hydrogen (secondary N) is 2. The van der Waals surface area contributed by atoms with Gasteiger partial charge >= 0.3 is 0 Å². The van der Waals surface area contributed by atoms with E-state index in [4.69, 9.17) is 11.6 Å². The highest BCUT2D eigenvalue weighted by atomic mass is 79.9. The first-order chi connectivity index (χ1) is 9.94. The van der Waals surface area contributed by atoms with E-state index in [2.05, 4.69) is 26.0 Å². The van der Waals surface area contributed by atoms with Gasteiger partial charge in [0, 0.05) is 11.0 Å². The van der Waals surface area contributed by atoms with Crippen molar-refractivity contribution in [3.63, 3.8) is 0 Å². The first kappa shape index (κ1) is 16.3. The Morgan fingerprint density at radius 2 is 1.90 bits per heavy atom. The fourth-order valence-corrected chi connectivity index (χ4v) is 3.97. The zero-order chi connectivity index (χ0) is 15.5. The number of anilines is 1. The number of hydrogen-bond acceptors (Lipinski definition) is 3. The van der Waals surface area contributed by atoms with Gasteiger partial charge < -0.3 is 5.32 Å². The Hall–Kier alpha value is -1.08. The van der Waals surface area contributed by atoms with E-state index in [0.717, 1.165) is 4.47 Å². The monoisotopic (exact) mass is 388 g/mol. The van der Waals surface area contributed by atoms with Crippen molar-refractivity contribution in [1.29, 1.82) is 0 Å². The molecule has 0 fully saturated rings. The number of benzene rings is 2. The molecule has 0 spiro atoms. The Bertz CT molecular complexity index is 750. The summed E-state index contributed by atoms with van der Waals surface area (Å²) in [7, 11) is -1.92. The molecule has 0 unspecified atom stereocenters. The minimum atomic E-state index is -3.69. The lowest BCUT2D eigenvalue weighted by Crippen LogP contribution is -2.17. The Morgan fingerprint density at radius 1 is 1.19 bits per heavy atom. The average Bonchev–Trinajstić information content (AvgIpc) is 2.43. The molecule has 0 aliphatic rings. The van der Waals surface area contributed by atoms with Crippen molar-refractivity contribution in [2.24, 2.45) is 0 Å². The van der Waals surface area contributed by atoms with E-state index in [1.807, 2.05) is 0 Å². The number of rotatable bonds is 5. The third kappa shape index (κ3) is 3.97. The van der Waals surface area contributed by atoms with Gasteiger partial charge in [-0.3, -0.25) is 4.72 Å². The van der Waals surface area contributed by atoms with Crippen LogP contribution in [-0.4, -0.2) is 15.5 Å². The second-order valence-corrected chi connectivity index (χ2v) is 7.34. The minimum absolute atomic E-state index is 0.235. The standard InChI is InChI=1S/C14H14BrClN2O2S/c1-17-9-10-4-2-3-5-14(10)21(19,20)18-13-7-6-11(15)8-12(13)16/h2-8,17-18H,9H2,1H3.